The Hall–Kier alpha value is -3.14. The maximum Gasteiger partial charge on any atom is 0.330 e. The summed E-state index contributed by atoms with van der Waals surface area (Å²) in [6.07, 6.45) is 7.96. The Kier molecular flexibility index (Phi) is 10.1. The van der Waals surface area contributed by atoms with Gasteiger partial charge in [0.25, 0.3) is 0 Å². The molecule has 4 nitrogen and oxygen atoms in total. The molecule has 0 saturated heterocycles. The van der Waals surface area contributed by atoms with E-state index in [4.69, 9.17) is 9.47 Å². The predicted octanol–water partition coefficient (Wildman–Crippen LogP) is 5.46. The first-order chi connectivity index (χ1) is 14.6. The standard InChI is InChI=1S/C26H30O4/c1-3-25(27)29-19-7-5-9-21-11-15-23(16-12-21)24-17-13-22(14-18-24)10-6-8-20-30-26(28)4-2/h3-4,11-18H,1-2,5-10,19-20H2. The molecule has 4 heteroatoms. The minimum atomic E-state index is -0.362. The number of hydrogen-bond donors (Lipinski definition) is 0. The molecule has 2 aromatic rings. The van der Waals surface area contributed by atoms with Gasteiger partial charge in [-0.3, -0.25) is 0 Å². The molecule has 158 valence electrons. The van der Waals surface area contributed by atoms with Gasteiger partial charge in [0, 0.05) is 12.2 Å². The number of hydrogen-bond acceptors (Lipinski definition) is 4. The zero-order valence-corrected chi connectivity index (χ0v) is 17.5. The highest BCUT2D eigenvalue weighted by atomic mass is 16.5. The van der Waals surface area contributed by atoms with Gasteiger partial charge in [-0.2, -0.15) is 0 Å². The quantitative estimate of drug-likeness (QED) is 0.252. The normalized spacial score (nSPS) is 10.3. The van der Waals surface area contributed by atoms with Crippen LogP contribution in [0.4, 0.5) is 0 Å². The van der Waals surface area contributed by atoms with Crippen LogP contribution in [-0.2, 0) is 31.9 Å². The van der Waals surface area contributed by atoms with Crippen LogP contribution in [0.5, 0.6) is 0 Å². The topological polar surface area (TPSA) is 52.6 Å². The van der Waals surface area contributed by atoms with E-state index in [1.54, 1.807) is 0 Å². The Morgan fingerprint density at radius 2 is 1.00 bits per heavy atom. The van der Waals surface area contributed by atoms with Crippen LogP contribution >= 0.6 is 0 Å². The Balaban J connectivity index is 1.72. The summed E-state index contributed by atoms with van der Waals surface area (Å²) in [7, 11) is 0. The van der Waals surface area contributed by atoms with Crippen LogP contribution < -0.4 is 0 Å². The number of carbonyl (C=O) groups is 2. The summed E-state index contributed by atoms with van der Waals surface area (Å²) in [5.41, 5.74) is 4.95. The molecule has 0 fully saturated rings. The van der Waals surface area contributed by atoms with Gasteiger partial charge >= 0.3 is 11.9 Å². The third-order valence-electron chi connectivity index (χ3n) is 4.78. The lowest BCUT2D eigenvalue weighted by atomic mass is 9.99. The summed E-state index contributed by atoms with van der Waals surface area (Å²) < 4.78 is 9.97. The van der Waals surface area contributed by atoms with Crippen molar-refractivity contribution in [2.45, 2.75) is 38.5 Å². The number of aryl methyl sites for hydroxylation is 2. The molecule has 30 heavy (non-hydrogen) atoms. The lowest BCUT2D eigenvalue weighted by molar-refractivity contribution is -0.138. The maximum atomic E-state index is 11.0. The molecule has 0 amide bonds. The molecule has 0 saturated carbocycles. The van der Waals surface area contributed by atoms with Gasteiger partial charge in [-0.05, 0) is 60.8 Å². The van der Waals surface area contributed by atoms with Gasteiger partial charge in [0.2, 0.25) is 0 Å². The minimum absolute atomic E-state index is 0.362. The number of unbranched alkanes of at least 4 members (excludes halogenated alkanes) is 2. The van der Waals surface area contributed by atoms with Crippen molar-refractivity contribution in [3.63, 3.8) is 0 Å². The summed E-state index contributed by atoms with van der Waals surface area (Å²) in [4.78, 5) is 22.0. The molecule has 0 spiro atoms. The Morgan fingerprint density at radius 3 is 1.33 bits per heavy atom. The average molecular weight is 407 g/mol. The van der Waals surface area contributed by atoms with Crippen molar-refractivity contribution in [1.29, 1.82) is 0 Å². The van der Waals surface area contributed by atoms with Crippen molar-refractivity contribution in [3.05, 3.63) is 85.0 Å². The first-order valence-corrected chi connectivity index (χ1v) is 10.4. The molecular weight excluding hydrogens is 376 g/mol. The van der Waals surface area contributed by atoms with E-state index < -0.39 is 0 Å². The van der Waals surface area contributed by atoms with E-state index >= 15 is 0 Å². The van der Waals surface area contributed by atoms with Gasteiger partial charge in [-0.25, -0.2) is 9.59 Å². The van der Waals surface area contributed by atoms with E-state index in [2.05, 4.69) is 61.7 Å². The second-order valence-corrected chi connectivity index (χ2v) is 7.05. The third-order valence-corrected chi connectivity index (χ3v) is 4.78. The Morgan fingerprint density at radius 1 is 0.633 bits per heavy atom. The third kappa shape index (κ3) is 8.48. The lowest BCUT2D eigenvalue weighted by Crippen LogP contribution is -2.02. The number of rotatable bonds is 13. The van der Waals surface area contributed by atoms with E-state index in [9.17, 15) is 9.59 Å². The van der Waals surface area contributed by atoms with Crippen LogP contribution in [0.15, 0.2) is 73.8 Å². The van der Waals surface area contributed by atoms with Gasteiger partial charge in [0.1, 0.15) is 0 Å². The Bertz CT molecular complexity index is 748. The molecule has 2 aromatic carbocycles. The molecule has 0 unspecified atom stereocenters. The number of ether oxygens (including phenoxy) is 2. The second-order valence-electron chi connectivity index (χ2n) is 7.05. The van der Waals surface area contributed by atoms with Crippen molar-refractivity contribution in [2.75, 3.05) is 13.2 Å². The number of carbonyl (C=O) groups excluding carboxylic acids is 2. The van der Waals surface area contributed by atoms with Gasteiger partial charge in [0.05, 0.1) is 13.2 Å². The zero-order valence-electron chi connectivity index (χ0n) is 17.5. The first kappa shape index (κ1) is 23.1. The Labute approximate surface area is 179 Å². The van der Waals surface area contributed by atoms with E-state index in [-0.39, 0.29) is 11.9 Å². The molecule has 0 aliphatic rings. The molecular formula is C26H30O4. The highest BCUT2D eigenvalue weighted by Gasteiger charge is 2.01. The summed E-state index contributed by atoms with van der Waals surface area (Å²) in [5, 5.41) is 0. The monoisotopic (exact) mass is 406 g/mol. The van der Waals surface area contributed by atoms with Crippen LogP contribution in [0.2, 0.25) is 0 Å². The van der Waals surface area contributed by atoms with Gasteiger partial charge in [-0.15, -0.1) is 0 Å². The fourth-order valence-corrected chi connectivity index (χ4v) is 3.05. The molecule has 0 N–H and O–H groups in total. The first-order valence-electron chi connectivity index (χ1n) is 10.4. The molecule has 2 rings (SSSR count). The van der Waals surface area contributed by atoms with Crippen LogP contribution in [0.1, 0.15) is 36.8 Å². The fraction of sp³-hybridized carbons (Fsp3) is 0.308. The molecule has 0 aliphatic carbocycles. The zero-order chi connectivity index (χ0) is 21.6. The highest BCUT2D eigenvalue weighted by molar-refractivity contribution is 5.81. The van der Waals surface area contributed by atoms with Crippen molar-refractivity contribution in [2.24, 2.45) is 0 Å². The van der Waals surface area contributed by atoms with Crippen molar-refractivity contribution >= 4 is 11.9 Å². The molecule has 0 bridgehead atoms. The minimum Gasteiger partial charge on any atom is -0.463 e. The molecule has 0 radical (unpaired) electrons. The van der Waals surface area contributed by atoms with Crippen LogP contribution in [0, 0.1) is 0 Å². The molecule has 0 heterocycles. The van der Waals surface area contributed by atoms with Crippen molar-refractivity contribution in [1.82, 2.24) is 0 Å². The van der Waals surface area contributed by atoms with Crippen LogP contribution in [0.25, 0.3) is 11.1 Å². The maximum absolute atomic E-state index is 11.0. The molecule has 0 aromatic heterocycles. The van der Waals surface area contributed by atoms with E-state index in [0.29, 0.717) is 13.2 Å². The van der Waals surface area contributed by atoms with E-state index in [1.165, 1.54) is 34.4 Å². The fourth-order valence-electron chi connectivity index (χ4n) is 3.05. The summed E-state index contributed by atoms with van der Waals surface area (Å²) in [6.45, 7) is 7.64. The van der Waals surface area contributed by atoms with Crippen LogP contribution in [0.3, 0.4) is 0 Å². The number of esters is 2. The van der Waals surface area contributed by atoms with Gasteiger partial charge < -0.3 is 9.47 Å². The largest absolute Gasteiger partial charge is 0.463 e. The average Bonchev–Trinajstić information content (AvgIpc) is 2.79. The van der Waals surface area contributed by atoms with Crippen molar-refractivity contribution < 1.29 is 19.1 Å². The van der Waals surface area contributed by atoms with Crippen molar-refractivity contribution in [3.8, 4) is 11.1 Å². The van der Waals surface area contributed by atoms with Gasteiger partial charge in [-0.1, -0.05) is 61.7 Å². The van der Waals surface area contributed by atoms with Crippen LogP contribution in [-0.4, -0.2) is 25.2 Å². The van der Waals surface area contributed by atoms with Gasteiger partial charge in [0.15, 0.2) is 0 Å². The molecule has 0 aliphatic heterocycles. The second kappa shape index (κ2) is 13.2. The summed E-state index contributed by atoms with van der Waals surface area (Å²) in [5.74, 6) is -0.723. The van der Waals surface area contributed by atoms with E-state index in [0.717, 1.165) is 38.5 Å². The number of benzene rings is 2. The lowest BCUT2D eigenvalue weighted by Gasteiger charge is -2.07. The predicted molar refractivity (Wildman–Crippen MR) is 120 cm³/mol. The summed E-state index contributed by atoms with van der Waals surface area (Å²) >= 11 is 0. The highest BCUT2D eigenvalue weighted by Crippen LogP contribution is 2.21. The molecule has 0 atom stereocenters. The SMILES string of the molecule is C=CC(=O)OCCCCc1ccc(-c2ccc(CCCCOC(=O)C=C)cc2)cc1. The summed E-state index contributed by atoms with van der Waals surface area (Å²) in [6, 6.07) is 17.2. The van der Waals surface area contributed by atoms with E-state index in [1.807, 2.05) is 0 Å². The smallest absolute Gasteiger partial charge is 0.330 e.